The van der Waals surface area contributed by atoms with Gasteiger partial charge in [0.25, 0.3) is 5.91 Å². The highest BCUT2D eigenvalue weighted by atomic mass is 32.1. The van der Waals surface area contributed by atoms with E-state index in [2.05, 4.69) is 4.98 Å². The lowest BCUT2D eigenvalue weighted by molar-refractivity contribution is -0.141. The molecule has 1 heterocycles. The summed E-state index contributed by atoms with van der Waals surface area (Å²) in [4.78, 5) is 27.9. The van der Waals surface area contributed by atoms with Gasteiger partial charge in [-0.25, -0.2) is 4.98 Å². The molecule has 1 aromatic heterocycles. The first kappa shape index (κ1) is 12.6. The molecular formula is C10H14N2O3S. The van der Waals surface area contributed by atoms with Crippen molar-refractivity contribution in [1.82, 2.24) is 9.88 Å². The quantitative estimate of drug-likeness (QED) is 0.862. The van der Waals surface area contributed by atoms with Gasteiger partial charge in [-0.05, 0) is 6.92 Å². The molecule has 16 heavy (non-hydrogen) atoms. The number of aliphatic carboxylic acids is 1. The van der Waals surface area contributed by atoms with Gasteiger partial charge in [0.05, 0.1) is 10.9 Å². The third kappa shape index (κ3) is 3.03. The Morgan fingerprint density at radius 1 is 1.62 bits per heavy atom. The molecule has 1 atom stereocenters. The number of hydrogen-bond acceptors (Lipinski definition) is 4. The second kappa shape index (κ2) is 5.07. The summed E-state index contributed by atoms with van der Waals surface area (Å²) in [6.07, 6.45) is 0. The van der Waals surface area contributed by atoms with Gasteiger partial charge in [-0.1, -0.05) is 6.92 Å². The van der Waals surface area contributed by atoms with Crippen molar-refractivity contribution in [1.29, 1.82) is 0 Å². The van der Waals surface area contributed by atoms with E-state index in [-0.39, 0.29) is 12.5 Å². The minimum Gasteiger partial charge on any atom is -0.481 e. The number of aryl methyl sites for hydroxylation is 1. The zero-order valence-corrected chi connectivity index (χ0v) is 10.2. The number of nitrogens with zero attached hydrogens (tertiary/aromatic N) is 2. The molecule has 0 saturated carbocycles. The molecule has 0 aliphatic carbocycles. The Balaban J connectivity index is 2.64. The maximum atomic E-state index is 11.8. The SMILES string of the molecule is Cc1nc(C(=O)N(C)CC(C)C(=O)O)cs1. The monoisotopic (exact) mass is 242 g/mol. The van der Waals surface area contributed by atoms with Gasteiger partial charge in [0.2, 0.25) is 0 Å². The van der Waals surface area contributed by atoms with E-state index in [9.17, 15) is 9.59 Å². The number of aromatic nitrogens is 1. The van der Waals surface area contributed by atoms with Crippen molar-refractivity contribution in [2.24, 2.45) is 5.92 Å². The first-order valence-electron chi connectivity index (χ1n) is 4.82. The van der Waals surface area contributed by atoms with Crippen LogP contribution < -0.4 is 0 Å². The number of carboxylic acids is 1. The molecule has 0 spiro atoms. The zero-order chi connectivity index (χ0) is 12.3. The molecule has 6 heteroatoms. The molecule has 0 aliphatic heterocycles. The van der Waals surface area contributed by atoms with Crippen LogP contribution in [0.4, 0.5) is 0 Å². The fraction of sp³-hybridized carbons (Fsp3) is 0.500. The third-order valence-corrected chi connectivity index (χ3v) is 2.93. The van der Waals surface area contributed by atoms with Crippen LogP contribution in [0.5, 0.6) is 0 Å². The van der Waals surface area contributed by atoms with Crippen molar-refractivity contribution in [3.05, 3.63) is 16.1 Å². The van der Waals surface area contributed by atoms with E-state index in [4.69, 9.17) is 5.11 Å². The third-order valence-electron chi connectivity index (χ3n) is 2.15. The van der Waals surface area contributed by atoms with Crippen molar-refractivity contribution >= 4 is 23.2 Å². The average molecular weight is 242 g/mol. The zero-order valence-electron chi connectivity index (χ0n) is 9.43. The predicted molar refractivity (Wildman–Crippen MR) is 60.6 cm³/mol. The van der Waals surface area contributed by atoms with Gasteiger partial charge in [-0.3, -0.25) is 9.59 Å². The molecule has 0 radical (unpaired) electrons. The molecule has 0 aliphatic rings. The summed E-state index contributed by atoms with van der Waals surface area (Å²) in [5.41, 5.74) is 0.377. The molecule has 1 unspecified atom stereocenters. The molecule has 1 amide bonds. The number of carbonyl (C=O) groups is 2. The predicted octanol–water partition coefficient (Wildman–Crippen LogP) is 1.24. The highest BCUT2D eigenvalue weighted by molar-refractivity contribution is 7.09. The topological polar surface area (TPSA) is 70.5 Å². The van der Waals surface area contributed by atoms with E-state index in [1.807, 2.05) is 6.92 Å². The Kier molecular flexibility index (Phi) is 4.00. The number of amides is 1. The Labute approximate surface area is 97.7 Å². The summed E-state index contributed by atoms with van der Waals surface area (Å²) in [6.45, 7) is 3.57. The fourth-order valence-corrected chi connectivity index (χ4v) is 1.82. The van der Waals surface area contributed by atoms with Crippen LogP contribution in [0.2, 0.25) is 0 Å². The van der Waals surface area contributed by atoms with Crippen LogP contribution >= 0.6 is 11.3 Å². The molecule has 1 aromatic rings. The van der Waals surface area contributed by atoms with E-state index >= 15 is 0 Å². The van der Waals surface area contributed by atoms with Gasteiger partial charge in [-0.15, -0.1) is 11.3 Å². The number of thiazole rings is 1. The second-order valence-corrected chi connectivity index (χ2v) is 4.74. The Hall–Kier alpha value is -1.43. The Bertz CT molecular complexity index is 403. The molecule has 88 valence electrons. The molecule has 5 nitrogen and oxygen atoms in total. The van der Waals surface area contributed by atoms with E-state index in [1.54, 1.807) is 19.4 Å². The number of carboxylic acid groups (broad SMARTS) is 1. The summed E-state index contributed by atoms with van der Waals surface area (Å²) in [6, 6.07) is 0. The maximum Gasteiger partial charge on any atom is 0.308 e. The standard InChI is InChI=1S/C10H14N2O3S/c1-6(10(14)15)4-12(3)9(13)8-5-16-7(2)11-8/h5-6H,4H2,1-3H3,(H,14,15). The van der Waals surface area contributed by atoms with Crippen molar-refractivity contribution in [3.8, 4) is 0 Å². The molecule has 1 N–H and O–H groups in total. The van der Waals surface area contributed by atoms with Gasteiger partial charge < -0.3 is 10.0 Å². The summed E-state index contributed by atoms with van der Waals surface area (Å²) in [5, 5.41) is 11.2. The van der Waals surface area contributed by atoms with Crippen molar-refractivity contribution in [2.45, 2.75) is 13.8 Å². The summed E-state index contributed by atoms with van der Waals surface area (Å²) in [7, 11) is 1.58. The van der Waals surface area contributed by atoms with Crippen LogP contribution in [-0.4, -0.2) is 40.5 Å². The Morgan fingerprint density at radius 3 is 2.69 bits per heavy atom. The molecule has 1 rings (SSSR count). The van der Waals surface area contributed by atoms with Crippen molar-refractivity contribution in [3.63, 3.8) is 0 Å². The molecular weight excluding hydrogens is 228 g/mol. The van der Waals surface area contributed by atoms with Gasteiger partial charge in [0.15, 0.2) is 0 Å². The van der Waals surface area contributed by atoms with Gasteiger partial charge in [0.1, 0.15) is 5.69 Å². The number of carbonyl (C=O) groups excluding carboxylic acids is 1. The van der Waals surface area contributed by atoms with Crippen molar-refractivity contribution < 1.29 is 14.7 Å². The lowest BCUT2D eigenvalue weighted by Gasteiger charge is -2.18. The number of hydrogen-bond donors (Lipinski definition) is 1. The normalized spacial score (nSPS) is 12.2. The van der Waals surface area contributed by atoms with Crippen LogP contribution in [0, 0.1) is 12.8 Å². The minimum atomic E-state index is -0.908. The second-order valence-electron chi connectivity index (χ2n) is 3.68. The maximum absolute atomic E-state index is 11.8. The lowest BCUT2D eigenvalue weighted by Crippen LogP contribution is -2.33. The Morgan fingerprint density at radius 2 is 2.25 bits per heavy atom. The van der Waals surface area contributed by atoms with E-state index in [0.717, 1.165) is 5.01 Å². The highest BCUT2D eigenvalue weighted by Gasteiger charge is 2.19. The minimum absolute atomic E-state index is 0.185. The van der Waals surface area contributed by atoms with Crippen LogP contribution in [0.15, 0.2) is 5.38 Å². The van der Waals surface area contributed by atoms with Crippen LogP contribution in [0.1, 0.15) is 22.4 Å². The van der Waals surface area contributed by atoms with E-state index in [0.29, 0.717) is 5.69 Å². The van der Waals surface area contributed by atoms with Crippen LogP contribution in [0.25, 0.3) is 0 Å². The smallest absolute Gasteiger partial charge is 0.308 e. The van der Waals surface area contributed by atoms with Crippen LogP contribution in [0.3, 0.4) is 0 Å². The fourth-order valence-electron chi connectivity index (χ4n) is 1.23. The van der Waals surface area contributed by atoms with Gasteiger partial charge in [0, 0.05) is 19.0 Å². The lowest BCUT2D eigenvalue weighted by atomic mass is 10.2. The summed E-state index contributed by atoms with van der Waals surface area (Å²) >= 11 is 1.40. The molecule has 0 fully saturated rings. The van der Waals surface area contributed by atoms with Gasteiger partial charge in [-0.2, -0.15) is 0 Å². The van der Waals surface area contributed by atoms with Crippen molar-refractivity contribution in [2.75, 3.05) is 13.6 Å². The van der Waals surface area contributed by atoms with Gasteiger partial charge >= 0.3 is 5.97 Å². The molecule has 0 saturated heterocycles. The number of rotatable bonds is 4. The molecule has 0 bridgehead atoms. The van der Waals surface area contributed by atoms with E-state index < -0.39 is 11.9 Å². The summed E-state index contributed by atoms with van der Waals surface area (Å²) in [5.74, 6) is -1.72. The van der Waals surface area contributed by atoms with Crippen LogP contribution in [-0.2, 0) is 4.79 Å². The first-order chi connectivity index (χ1) is 7.41. The summed E-state index contributed by atoms with van der Waals surface area (Å²) < 4.78 is 0. The largest absolute Gasteiger partial charge is 0.481 e. The van der Waals surface area contributed by atoms with E-state index in [1.165, 1.54) is 16.2 Å². The first-order valence-corrected chi connectivity index (χ1v) is 5.70. The highest BCUT2D eigenvalue weighted by Crippen LogP contribution is 2.10. The molecule has 0 aromatic carbocycles. The average Bonchev–Trinajstić information content (AvgIpc) is 2.63.